The van der Waals surface area contributed by atoms with Gasteiger partial charge in [0.25, 0.3) is 0 Å². The van der Waals surface area contributed by atoms with E-state index in [4.69, 9.17) is 4.74 Å². The Balaban J connectivity index is 2.57. The van der Waals surface area contributed by atoms with E-state index in [0.717, 1.165) is 25.5 Å². The van der Waals surface area contributed by atoms with Gasteiger partial charge in [0.15, 0.2) is 0 Å². The molecular weight excluding hydrogens is 346 g/mol. The van der Waals surface area contributed by atoms with E-state index in [1.54, 1.807) is 11.8 Å². The molecule has 0 aromatic carbocycles. The lowest BCUT2D eigenvalue weighted by atomic mass is 10.1. The monoisotopic (exact) mass is 377 g/mol. The third-order valence-electron chi connectivity index (χ3n) is 4.23. The van der Waals surface area contributed by atoms with Crippen molar-refractivity contribution in [1.82, 2.24) is 14.5 Å². The summed E-state index contributed by atoms with van der Waals surface area (Å²) in [6.45, 7) is 5.37. The Labute approximate surface area is 150 Å². The number of piperidine rings is 1. The summed E-state index contributed by atoms with van der Waals surface area (Å²) in [5.74, 6) is -0.283. The van der Waals surface area contributed by atoms with Crippen LogP contribution in [-0.2, 0) is 19.6 Å². The van der Waals surface area contributed by atoms with Crippen molar-refractivity contribution in [2.45, 2.75) is 52.0 Å². The van der Waals surface area contributed by atoms with E-state index in [2.05, 4.69) is 12.2 Å². The van der Waals surface area contributed by atoms with Gasteiger partial charge >= 0.3 is 6.09 Å². The second-order valence-corrected chi connectivity index (χ2v) is 8.22. The van der Waals surface area contributed by atoms with Crippen molar-refractivity contribution < 1.29 is 22.7 Å². The molecule has 8 nitrogen and oxygen atoms in total. The van der Waals surface area contributed by atoms with Crippen LogP contribution in [0.3, 0.4) is 0 Å². The Morgan fingerprint density at radius 3 is 2.36 bits per heavy atom. The molecule has 0 bridgehead atoms. The number of rotatable bonds is 9. The van der Waals surface area contributed by atoms with Crippen molar-refractivity contribution in [2.24, 2.45) is 0 Å². The Hall–Kier alpha value is -1.35. The minimum atomic E-state index is -3.51. The van der Waals surface area contributed by atoms with E-state index < -0.39 is 10.0 Å². The Kier molecular flexibility index (Phi) is 9.20. The minimum Gasteiger partial charge on any atom is -0.450 e. The third kappa shape index (κ3) is 7.60. The molecule has 0 spiro atoms. The van der Waals surface area contributed by atoms with Crippen molar-refractivity contribution in [2.75, 3.05) is 39.0 Å². The van der Waals surface area contributed by atoms with E-state index in [-0.39, 0.29) is 24.6 Å². The molecule has 1 rings (SSSR count). The van der Waals surface area contributed by atoms with Crippen LogP contribution in [0.1, 0.15) is 46.0 Å². The summed E-state index contributed by atoms with van der Waals surface area (Å²) in [4.78, 5) is 25.4. The molecule has 2 amide bonds. The summed E-state index contributed by atoms with van der Waals surface area (Å²) in [6, 6.07) is -0.276. The number of carbonyl (C=O) groups is 2. The normalized spacial score (nSPS) is 16.1. The fourth-order valence-electron chi connectivity index (χ4n) is 2.87. The number of likely N-dealkylation sites (tertiary alicyclic amines) is 1. The number of amides is 2. The molecular formula is C16H31N3O5S. The van der Waals surface area contributed by atoms with Gasteiger partial charge in [-0.2, -0.15) is 4.31 Å². The first-order valence-corrected chi connectivity index (χ1v) is 10.8. The molecule has 1 aliphatic heterocycles. The molecule has 0 aromatic heterocycles. The van der Waals surface area contributed by atoms with Gasteiger partial charge in [0.2, 0.25) is 15.9 Å². The van der Waals surface area contributed by atoms with Gasteiger partial charge < -0.3 is 15.0 Å². The molecule has 1 heterocycles. The van der Waals surface area contributed by atoms with Crippen LogP contribution in [0.25, 0.3) is 0 Å². The second kappa shape index (κ2) is 10.6. The predicted molar refractivity (Wildman–Crippen MR) is 95.7 cm³/mol. The van der Waals surface area contributed by atoms with Crippen LogP contribution < -0.4 is 5.32 Å². The zero-order valence-corrected chi connectivity index (χ0v) is 16.3. The average Bonchev–Trinajstić information content (AvgIpc) is 2.56. The Morgan fingerprint density at radius 1 is 1.20 bits per heavy atom. The van der Waals surface area contributed by atoms with Crippen LogP contribution >= 0.6 is 0 Å². The lowest BCUT2D eigenvalue weighted by Gasteiger charge is -2.36. The standard InChI is InChI=1S/C16H31N3O5S/c1-4-6-7-10-17-15(20)13-19(25(3,22)23)14-8-11-18(12-9-14)16(21)24-5-2/h14H,4-13H2,1-3H3,(H,17,20). The maximum atomic E-state index is 12.1. The molecule has 0 atom stereocenters. The first-order chi connectivity index (χ1) is 11.8. The van der Waals surface area contributed by atoms with Gasteiger partial charge in [-0.1, -0.05) is 19.8 Å². The van der Waals surface area contributed by atoms with Crippen molar-refractivity contribution in [3.05, 3.63) is 0 Å². The number of ether oxygens (including phenoxy) is 1. The van der Waals surface area contributed by atoms with E-state index in [9.17, 15) is 18.0 Å². The van der Waals surface area contributed by atoms with Crippen LogP contribution in [-0.4, -0.2) is 74.7 Å². The summed E-state index contributed by atoms with van der Waals surface area (Å²) in [5, 5.41) is 2.77. The highest BCUT2D eigenvalue weighted by molar-refractivity contribution is 7.88. The fraction of sp³-hybridized carbons (Fsp3) is 0.875. The van der Waals surface area contributed by atoms with Crippen LogP contribution in [0.2, 0.25) is 0 Å². The fourth-order valence-corrected chi connectivity index (χ4v) is 3.97. The lowest BCUT2D eigenvalue weighted by Crippen LogP contribution is -2.51. The molecule has 0 unspecified atom stereocenters. The molecule has 1 aliphatic rings. The molecule has 9 heteroatoms. The molecule has 0 radical (unpaired) electrons. The molecule has 0 aromatic rings. The first-order valence-electron chi connectivity index (χ1n) is 8.94. The van der Waals surface area contributed by atoms with Crippen LogP contribution in [0.15, 0.2) is 0 Å². The number of sulfonamides is 1. The summed E-state index contributed by atoms with van der Waals surface area (Å²) in [5.41, 5.74) is 0. The molecule has 0 saturated carbocycles. The zero-order chi connectivity index (χ0) is 18.9. The highest BCUT2D eigenvalue weighted by Crippen LogP contribution is 2.19. The lowest BCUT2D eigenvalue weighted by molar-refractivity contribution is -0.121. The molecule has 0 aliphatic carbocycles. The van der Waals surface area contributed by atoms with Crippen LogP contribution in [0, 0.1) is 0 Å². The average molecular weight is 378 g/mol. The van der Waals surface area contributed by atoms with Gasteiger partial charge in [0.1, 0.15) is 0 Å². The van der Waals surface area contributed by atoms with Crippen LogP contribution in [0.5, 0.6) is 0 Å². The van der Waals surface area contributed by atoms with Gasteiger partial charge in [-0.05, 0) is 26.2 Å². The minimum absolute atomic E-state index is 0.172. The van der Waals surface area contributed by atoms with Crippen molar-refractivity contribution in [3.63, 3.8) is 0 Å². The Bertz CT molecular complexity index is 530. The summed E-state index contributed by atoms with van der Waals surface area (Å²) < 4.78 is 30.4. The number of nitrogens with one attached hydrogen (secondary N) is 1. The number of nitrogens with zero attached hydrogens (tertiary/aromatic N) is 2. The topological polar surface area (TPSA) is 96.0 Å². The maximum absolute atomic E-state index is 12.1. The van der Waals surface area contributed by atoms with Crippen molar-refractivity contribution in [3.8, 4) is 0 Å². The van der Waals surface area contributed by atoms with Crippen molar-refractivity contribution >= 4 is 22.0 Å². The summed E-state index contributed by atoms with van der Waals surface area (Å²) >= 11 is 0. The number of hydrogen-bond acceptors (Lipinski definition) is 5. The highest BCUT2D eigenvalue weighted by atomic mass is 32.2. The number of hydrogen-bond donors (Lipinski definition) is 1. The highest BCUT2D eigenvalue weighted by Gasteiger charge is 2.33. The number of unbranched alkanes of at least 4 members (excludes halogenated alkanes) is 2. The molecule has 1 N–H and O–H groups in total. The number of carbonyl (C=O) groups excluding carboxylic acids is 2. The van der Waals surface area contributed by atoms with Gasteiger partial charge in [0, 0.05) is 25.7 Å². The molecule has 146 valence electrons. The van der Waals surface area contributed by atoms with Gasteiger partial charge in [-0.25, -0.2) is 13.2 Å². The largest absolute Gasteiger partial charge is 0.450 e. The molecule has 1 fully saturated rings. The maximum Gasteiger partial charge on any atom is 0.409 e. The first kappa shape index (κ1) is 21.7. The third-order valence-corrected chi connectivity index (χ3v) is 5.50. The second-order valence-electron chi connectivity index (χ2n) is 6.28. The van der Waals surface area contributed by atoms with Gasteiger partial charge in [-0.3, -0.25) is 4.79 Å². The smallest absolute Gasteiger partial charge is 0.409 e. The quantitative estimate of drug-likeness (QED) is 0.609. The van der Waals surface area contributed by atoms with E-state index in [1.807, 2.05) is 0 Å². The van der Waals surface area contributed by atoms with Gasteiger partial charge in [-0.15, -0.1) is 0 Å². The zero-order valence-electron chi connectivity index (χ0n) is 15.5. The molecule has 25 heavy (non-hydrogen) atoms. The molecule has 1 saturated heterocycles. The SMILES string of the molecule is CCCCCNC(=O)CN(C1CCN(C(=O)OCC)CC1)S(C)(=O)=O. The van der Waals surface area contributed by atoms with E-state index in [0.29, 0.717) is 39.1 Å². The summed E-state index contributed by atoms with van der Waals surface area (Å²) in [6.07, 6.45) is 4.71. The van der Waals surface area contributed by atoms with Gasteiger partial charge in [0.05, 0.1) is 19.4 Å². The van der Waals surface area contributed by atoms with Crippen LogP contribution in [0.4, 0.5) is 4.79 Å². The summed E-state index contributed by atoms with van der Waals surface area (Å²) in [7, 11) is -3.51. The van der Waals surface area contributed by atoms with E-state index in [1.165, 1.54) is 4.31 Å². The predicted octanol–water partition coefficient (Wildman–Crippen LogP) is 1.18. The Morgan fingerprint density at radius 2 is 1.84 bits per heavy atom. The van der Waals surface area contributed by atoms with E-state index >= 15 is 0 Å². The van der Waals surface area contributed by atoms with Crippen molar-refractivity contribution in [1.29, 1.82) is 0 Å².